The summed E-state index contributed by atoms with van der Waals surface area (Å²) in [5.74, 6) is -1.10. The summed E-state index contributed by atoms with van der Waals surface area (Å²) in [7, 11) is 0. The third kappa shape index (κ3) is 2.93. The SMILES string of the molecule is CCn1c2ccccc2c2cc(OC(=O)c3ccc(C(=O)O)cc3)ccc21. The molecule has 1 N–H and O–H groups in total. The number of rotatable bonds is 4. The summed E-state index contributed by atoms with van der Waals surface area (Å²) in [4.78, 5) is 23.3. The number of para-hydroxylation sites is 1. The van der Waals surface area contributed by atoms with Gasteiger partial charge in [0.05, 0.1) is 11.1 Å². The van der Waals surface area contributed by atoms with Crippen molar-refractivity contribution in [2.45, 2.75) is 13.5 Å². The molecule has 0 bridgehead atoms. The Morgan fingerprint density at radius 1 is 0.889 bits per heavy atom. The number of carbonyl (C=O) groups excluding carboxylic acids is 1. The lowest BCUT2D eigenvalue weighted by Crippen LogP contribution is -2.09. The monoisotopic (exact) mass is 359 g/mol. The van der Waals surface area contributed by atoms with Crippen LogP contribution in [0.25, 0.3) is 21.8 Å². The number of carbonyl (C=O) groups is 2. The molecule has 3 aromatic carbocycles. The van der Waals surface area contributed by atoms with Crippen LogP contribution in [0.5, 0.6) is 5.75 Å². The Morgan fingerprint density at radius 3 is 2.26 bits per heavy atom. The van der Waals surface area contributed by atoms with Crippen LogP contribution < -0.4 is 4.74 Å². The van der Waals surface area contributed by atoms with Crippen LogP contribution in [-0.2, 0) is 6.54 Å². The fourth-order valence-corrected chi connectivity index (χ4v) is 3.35. The first kappa shape index (κ1) is 16.8. The first-order chi connectivity index (χ1) is 13.1. The first-order valence-electron chi connectivity index (χ1n) is 8.65. The fraction of sp³-hybridized carbons (Fsp3) is 0.0909. The number of carboxylic acid groups (broad SMARTS) is 1. The maximum atomic E-state index is 12.4. The molecule has 1 heterocycles. The predicted molar refractivity (Wildman–Crippen MR) is 103 cm³/mol. The van der Waals surface area contributed by atoms with Crippen LogP contribution in [-0.4, -0.2) is 21.6 Å². The van der Waals surface area contributed by atoms with Gasteiger partial charge in [0.15, 0.2) is 0 Å². The van der Waals surface area contributed by atoms with E-state index in [9.17, 15) is 9.59 Å². The normalized spacial score (nSPS) is 11.0. The van der Waals surface area contributed by atoms with Gasteiger partial charge in [0.1, 0.15) is 5.75 Å². The molecule has 0 aliphatic heterocycles. The highest BCUT2D eigenvalue weighted by molar-refractivity contribution is 6.08. The van der Waals surface area contributed by atoms with E-state index in [0.717, 1.165) is 28.4 Å². The van der Waals surface area contributed by atoms with Crippen LogP contribution in [0.3, 0.4) is 0 Å². The number of carboxylic acids is 1. The third-order valence-corrected chi connectivity index (χ3v) is 4.64. The standard InChI is InChI=1S/C22H17NO4/c1-2-23-19-6-4-3-5-17(19)18-13-16(11-12-20(18)23)27-22(26)15-9-7-14(8-10-15)21(24)25/h3-13H,2H2,1H3,(H,24,25). The summed E-state index contributed by atoms with van der Waals surface area (Å²) in [5, 5.41) is 11.1. The van der Waals surface area contributed by atoms with Crippen LogP contribution in [0.1, 0.15) is 27.6 Å². The average Bonchev–Trinajstić information content (AvgIpc) is 3.01. The van der Waals surface area contributed by atoms with Crippen molar-refractivity contribution in [2.24, 2.45) is 0 Å². The summed E-state index contributed by atoms with van der Waals surface area (Å²) in [5.41, 5.74) is 2.66. The molecule has 134 valence electrons. The van der Waals surface area contributed by atoms with E-state index in [2.05, 4.69) is 23.6 Å². The fourth-order valence-electron chi connectivity index (χ4n) is 3.35. The maximum absolute atomic E-state index is 12.4. The lowest BCUT2D eigenvalue weighted by molar-refractivity contribution is 0.0691. The highest BCUT2D eigenvalue weighted by atomic mass is 16.5. The quantitative estimate of drug-likeness (QED) is 0.422. The molecule has 5 heteroatoms. The van der Waals surface area contributed by atoms with E-state index in [4.69, 9.17) is 9.84 Å². The molecule has 0 radical (unpaired) electrons. The van der Waals surface area contributed by atoms with E-state index in [0.29, 0.717) is 11.3 Å². The largest absolute Gasteiger partial charge is 0.478 e. The van der Waals surface area contributed by atoms with Gasteiger partial charge in [-0.15, -0.1) is 0 Å². The van der Waals surface area contributed by atoms with Crippen LogP contribution in [0, 0.1) is 0 Å². The molecule has 5 nitrogen and oxygen atoms in total. The molecule has 0 atom stereocenters. The van der Waals surface area contributed by atoms with Crippen molar-refractivity contribution in [3.05, 3.63) is 77.9 Å². The molecular formula is C22H17NO4. The number of aromatic carboxylic acids is 1. The molecule has 1 aromatic heterocycles. The number of nitrogens with zero attached hydrogens (tertiary/aromatic N) is 1. The second-order valence-electron chi connectivity index (χ2n) is 6.21. The van der Waals surface area contributed by atoms with Gasteiger partial charge >= 0.3 is 11.9 Å². The van der Waals surface area contributed by atoms with Gasteiger partial charge in [-0.05, 0) is 55.5 Å². The van der Waals surface area contributed by atoms with Crippen molar-refractivity contribution in [2.75, 3.05) is 0 Å². The number of hydrogen-bond donors (Lipinski definition) is 1. The van der Waals surface area contributed by atoms with E-state index in [-0.39, 0.29) is 5.56 Å². The van der Waals surface area contributed by atoms with E-state index < -0.39 is 11.9 Å². The zero-order valence-corrected chi connectivity index (χ0v) is 14.7. The van der Waals surface area contributed by atoms with Crippen molar-refractivity contribution >= 4 is 33.7 Å². The molecule has 0 amide bonds. The van der Waals surface area contributed by atoms with Gasteiger partial charge in [0.25, 0.3) is 0 Å². The topological polar surface area (TPSA) is 68.5 Å². The van der Waals surface area contributed by atoms with E-state index in [1.54, 1.807) is 6.07 Å². The number of ether oxygens (including phenoxy) is 1. The van der Waals surface area contributed by atoms with Gasteiger partial charge in [-0.25, -0.2) is 9.59 Å². The summed E-state index contributed by atoms with van der Waals surface area (Å²) < 4.78 is 7.73. The van der Waals surface area contributed by atoms with Crippen LogP contribution in [0.4, 0.5) is 0 Å². The first-order valence-corrected chi connectivity index (χ1v) is 8.65. The molecule has 0 saturated carbocycles. The minimum Gasteiger partial charge on any atom is -0.478 e. The Labute approximate surface area is 155 Å². The third-order valence-electron chi connectivity index (χ3n) is 4.64. The van der Waals surface area contributed by atoms with Gasteiger partial charge in [0.2, 0.25) is 0 Å². The zero-order valence-electron chi connectivity index (χ0n) is 14.7. The van der Waals surface area contributed by atoms with E-state index >= 15 is 0 Å². The van der Waals surface area contributed by atoms with Gasteiger partial charge in [0, 0.05) is 28.4 Å². The molecule has 27 heavy (non-hydrogen) atoms. The number of fused-ring (bicyclic) bond motifs is 3. The molecule has 4 rings (SSSR count). The Kier molecular flexibility index (Phi) is 4.12. The Morgan fingerprint density at radius 2 is 1.56 bits per heavy atom. The van der Waals surface area contributed by atoms with Gasteiger partial charge in [-0.3, -0.25) is 0 Å². The highest BCUT2D eigenvalue weighted by Crippen LogP contribution is 2.31. The van der Waals surface area contributed by atoms with Crippen molar-refractivity contribution in [3.63, 3.8) is 0 Å². The summed E-state index contributed by atoms with van der Waals surface area (Å²) >= 11 is 0. The van der Waals surface area contributed by atoms with Gasteiger partial charge < -0.3 is 14.4 Å². The molecule has 0 aliphatic rings. The number of esters is 1. The predicted octanol–water partition coefficient (Wildman–Crippen LogP) is 4.73. The molecule has 0 aliphatic carbocycles. The molecule has 0 fully saturated rings. The molecular weight excluding hydrogens is 342 g/mol. The highest BCUT2D eigenvalue weighted by Gasteiger charge is 2.13. The number of hydrogen-bond acceptors (Lipinski definition) is 3. The van der Waals surface area contributed by atoms with E-state index in [1.807, 2.05) is 24.3 Å². The van der Waals surface area contributed by atoms with E-state index in [1.165, 1.54) is 24.3 Å². The lowest BCUT2D eigenvalue weighted by Gasteiger charge is -2.06. The van der Waals surface area contributed by atoms with Crippen LogP contribution in [0.2, 0.25) is 0 Å². The van der Waals surface area contributed by atoms with Crippen molar-refractivity contribution in [1.29, 1.82) is 0 Å². The lowest BCUT2D eigenvalue weighted by atomic mass is 10.1. The Bertz CT molecular complexity index is 1170. The van der Waals surface area contributed by atoms with Crippen LogP contribution in [0.15, 0.2) is 66.7 Å². The smallest absolute Gasteiger partial charge is 0.343 e. The van der Waals surface area contributed by atoms with Gasteiger partial charge in [-0.1, -0.05) is 18.2 Å². The molecule has 0 saturated heterocycles. The Balaban J connectivity index is 1.69. The molecule has 0 spiro atoms. The summed E-state index contributed by atoms with van der Waals surface area (Å²) in [6.07, 6.45) is 0. The number of aryl methyl sites for hydroxylation is 1. The molecule has 4 aromatic rings. The maximum Gasteiger partial charge on any atom is 0.343 e. The number of benzene rings is 3. The second-order valence-corrected chi connectivity index (χ2v) is 6.21. The summed E-state index contributed by atoms with van der Waals surface area (Å²) in [6.45, 7) is 2.94. The minimum absolute atomic E-state index is 0.125. The Hall–Kier alpha value is -3.60. The average molecular weight is 359 g/mol. The molecule has 0 unspecified atom stereocenters. The van der Waals surface area contributed by atoms with Crippen molar-refractivity contribution in [1.82, 2.24) is 4.57 Å². The zero-order chi connectivity index (χ0) is 19.0. The number of aromatic nitrogens is 1. The van der Waals surface area contributed by atoms with Crippen molar-refractivity contribution in [3.8, 4) is 5.75 Å². The second kappa shape index (κ2) is 6.61. The van der Waals surface area contributed by atoms with Gasteiger partial charge in [-0.2, -0.15) is 0 Å². The minimum atomic E-state index is -1.03. The van der Waals surface area contributed by atoms with Crippen molar-refractivity contribution < 1.29 is 19.4 Å². The van der Waals surface area contributed by atoms with Crippen LogP contribution >= 0.6 is 0 Å². The summed E-state index contributed by atoms with van der Waals surface area (Å²) in [6, 6.07) is 19.4.